The summed E-state index contributed by atoms with van der Waals surface area (Å²) in [4.78, 5) is 16.1. The van der Waals surface area contributed by atoms with E-state index in [4.69, 9.17) is 0 Å². The Morgan fingerprint density at radius 1 is 1.25 bits per heavy atom. The molecule has 0 atom stereocenters. The Kier molecular flexibility index (Phi) is 4.93. The van der Waals surface area contributed by atoms with Crippen molar-refractivity contribution < 1.29 is 9.90 Å². The van der Waals surface area contributed by atoms with Crippen LogP contribution in [0.25, 0.3) is 0 Å². The Labute approximate surface area is 123 Å². The number of nitrogens with zero attached hydrogens (tertiary/aromatic N) is 1. The Bertz CT molecular complexity index is 558. The second-order valence-corrected chi connectivity index (χ2v) is 6.04. The quantitative estimate of drug-likeness (QED) is 0.919. The molecule has 0 saturated heterocycles. The van der Waals surface area contributed by atoms with Gasteiger partial charge in [-0.25, -0.2) is 0 Å². The molecule has 0 unspecified atom stereocenters. The summed E-state index contributed by atoms with van der Waals surface area (Å²) >= 11 is 1.51. The van der Waals surface area contributed by atoms with Crippen LogP contribution in [0.15, 0.2) is 36.4 Å². The lowest BCUT2D eigenvalue weighted by Crippen LogP contribution is -2.32. The van der Waals surface area contributed by atoms with Crippen LogP contribution in [0, 0.1) is 13.8 Å². The second kappa shape index (κ2) is 6.68. The van der Waals surface area contributed by atoms with Crippen LogP contribution >= 0.6 is 11.3 Å². The Hall–Kier alpha value is -1.65. The van der Waals surface area contributed by atoms with Crippen LogP contribution in [0.1, 0.15) is 25.7 Å². The highest BCUT2D eigenvalue weighted by molar-refractivity contribution is 7.14. The third-order valence-corrected chi connectivity index (χ3v) is 4.39. The standard InChI is InChI=1S/C16H19NO2S/c1-12-10-15(20-13(12)2)16(19)17(8-9-18)11-14-6-4-3-5-7-14/h3-7,10,18H,8-9,11H2,1-2H3. The molecule has 0 radical (unpaired) electrons. The highest BCUT2D eigenvalue weighted by atomic mass is 32.1. The zero-order chi connectivity index (χ0) is 14.5. The zero-order valence-corrected chi connectivity index (χ0v) is 12.6. The monoisotopic (exact) mass is 289 g/mol. The van der Waals surface area contributed by atoms with Gasteiger partial charge in [0.2, 0.25) is 0 Å². The molecule has 0 aliphatic rings. The molecule has 3 nitrogen and oxygen atoms in total. The van der Waals surface area contributed by atoms with Gasteiger partial charge < -0.3 is 10.0 Å². The molecule has 1 N–H and O–H groups in total. The van der Waals surface area contributed by atoms with E-state index in [1.54, 1.807) is 4.90 Å². The summed E-state index contributed by atoms with van der Waals surface area (Å²) in [6, 6.07) is 11.8. The molecule has 20 heavy (non-hydrogen) atoms. The van der Waals surface area contributed by atoms with Gasteiger partial charge in [-0.3, -0.25) is 4.79 Å². The maximum absolute atomic E-state index is 12.5. The van der Waals surface area contributed by atoms with Crippen molar-refractivity contribution in [2.24, 2.45) is 0 Å². The largest absolute Gasteiger partial charge is 0.395 e. The van der Waals surface area contributed by atoms with Crippen molar-refractivity contribution in [2.45, 2.75) is 20.4 Å². The van der Waals surface area contributed by atoms with Crippen molar-refractivity contribution in [2.75, 3.05) is 13.2 Å². The highest BCUT2D eigenvalue weighted by Gasteiger charge is 2.18. The molecule has 0 aliphatic heterocycles. The van der Waals surface area contributed by atoms with E-state index in [1.807, 2.05) is 50.2 Å². The number of thiophene rings is 1. The molecule has 1 aromatic carbocycles. The minimum absolute atomic E-state index is 0.0101. The Morgan fingerprint density at radius 2 is 1.95 bits per heavy atom. The van der Waals surface area contributed by atoms with Gasteiger partial charge in [0.15, 0.2) is 0 Å². The lowest BCUT2D eigenvalue weighted by Gasteiger charge is -2.21. The van der Waals surface area contributed by atoms with E-state index in [1.165, 1.54) is 11.3 Å². The summed E-state index contributed by atoms with van der Waals surface area (Å²) in [7, 11) is 0. The van der Waals surface area contributed by atoms with Gasteiger partial charge >= 0.3 is 0 Å². The lowest BCUT2D eigenvalue weighted by atomic mass is 10.2. The van der Waals surface area contributed by atoms with Gasteiger partial charge in [0.1, 0.15) is 0 Å². The maximum Gasteiger partial charge on any atom is 0.264 e. The number of hydrogen-bond donors (Lipinski definition) is 1. The zero-order valence-electron chi connectivity index (χ0n) is 11.8. The van der Waals surface area contributed by atoms with E-state index >= 15 is 0 Å². The Balaban J connectivity index is 2.17. The van der Waals surface area contributed by atoms with E-state index in [-0.39, 0.29) is 12.5 Å². The number of amides is 1. The molecule has 4 heteroatoms. The number of carbonyl (C=O) groups is 1. The van der Waals surface area contributed by atoms with E-state index in [2.05, 4.69) is 0 Å². The van der Waals surface area contributed by atoms with Crippen molar-refractivity contribution in [1.82, 2.24) is 4.90 Å². The van der Waals surface area contributed by atoms with E-state index < -0.39 is 0 Å². The first-order chi connectivity index (χ1) is 9.61. The average Bonchev–Trinajstić information content (AvgIpc) is 2.78. The SMILES string of the molecule is Cc1cc(C(=O)N(CCO)Cc2ccccc2)sc1C. The predicted molar refractivity (Wildman–Crippen MR) is 82.1 cm³/mol. The molecule has 0 spiro atoms. The topological polar surface area (TPSA) is 40.5 Å². The van der Waals surface area contributed by atoms with Crippen molar-refractivity contribution in [3.05, 3.63) is 57.3 Å². The molecule has 1 aromatic heterocycles. The number of aliphatic hydroxyl groups is 1. The van der Waals surface area contributed by atoms with Gasteiger partial charge in [-0.15, -0.1) is 11.3 Å². The molecular formula is C16H19NO2S. The van der Waals surface area contributed by atoms with Gasteiger partial charge in [-0.2, -0.15) is 0 Å². The molecule has 0 bridgehead atoms. The first kappa shape index (κ1) is 14.8. The first-order valence-electron chi connectivity index (χ1n) is 6.63. The number of aryl methyl sites for hydroxylation is 2. The van der Waals surface area contributed by atoms with E-state index in [9.17, 15) is 9.90 Å². The van der Waals surface area contributed by atoms with Gasteiger partial charge in [0.05, 0.1) is 11.5 Å². The smallest absolute Gasteiger partial charge is 0.264 e. The molecule has 0 saturated carbocycles. The molecule has 106 valence electrons. The van der Waals surface area contributed by atoms with Crippen LogP contribution in [0.5, 0.6) is 0 Å². The Morgan fingerprint density at radius 3 is 2.50 bits per heavy atom. The first-order valence-corrected chi connectivity index (χ1v) is 7.44. The summed E-state index contributed by atoms with van der Waals surface area (Å²) < 4.78 is 0. The van der Waals surface area contributed by atoms with Gasteiger partial charge in [0, 0.05) is 18.0 Å². The molecule has 2 aromatic rings. The van der Waals surface area contributed by atoms with E-state index in [0.29, 0.717) is 13.1 Å². The summed E-state index contributed by atoms with van der Waals surface area (Å²) in [5.74, 6) is -0.0101. The lowest BCUT2D eigenvalue weighted by molar-refractivity contribution is 0.0712. The molecular weight excluding hydrogens is 270 g/mol. The molecule has 0 aliphatic carbocycles. The van der Waals surface area contributed by atoms with Gasteiger partial charge in [0.25, 0.3) is 5.91 Å². The maximum atomic E-state index is 12.5. The third-order valence-electron chi connectivity index (χ3n) is 3.25. The summed E-state index contributed by atoms with van der Waals surface area (Å²) in [5, 5.41) is 9.18. The van der Waals surface area contributed by atoms with Gasteiger partial charge in [-0.05, 0) is 31.0 Å². The molecule has 1 amide bonds. The summed E-state index contributed by atoms with van der Waals surface area (Å²) in [6.07, 6.45) is 0. The fourth-order valence-corrected chi connectivity index (χ4v) is 3.01. The summed E-state index contributed by atoms with van der Waals surface area (Å²) in [6.45, 7) is 4.88. The van der Waals surface area contributed by atoms with Crippen LogP contribution in [-0.2, 0) is 6.54 Å². The highest BCUT2D eigenvalue weighted by Crippen LogP contribution is 2.22. The van der Waals surface area contributed by atoms with Crippen LogP contribution in [0.4, 0.5) is 0 Å². The number of aliphatic hydroxyl groups excluding tert-OH is 1. The number of carbonyl (C=O) groups excluding carboxylic acids is 1. The van der Waals surface area contributed by atoms with Crippen molar-refractivity contribution >= 4 is 17.2 Å². The minimum atomic E-state index is -0.0259. The van der Waals surface area contributed by atoms with Crippen molar-refractivity contribution in [3.63, 3.8) is 0 Å². The molecule has 0 fully saturated rings. The summed E-state index contributed by atoms with van der Waals surface area (Å²) in [5.41, 5.74) is 2.21. The van der Waals surface area contributed by atoms with Crippen molar-refractivity contribution in [3.8, 4) is 0 Å². The van der Waals surface area contributed by atoms with Crippen molar-refractivity contribution in [1.29, 1.82) is 0 Å². The third kappa shape index (κ3) is 3.46. The van der Waals surface area contributed by atoms with Crippen LogP contribution < -0.4 is 0 Å². The van der Waals surface area contributed by atoms with Gasteiger partial charge in [-0.1, -0.05) is 30.3 Å². The van der Waals surface area contributed by atoms with Crippen LogP contribution in [0.3, 0.4) is 0 Å². The minimum Gasteiger partial charge on any atom is -0.395 e. The number of hydrogen-bond acceptors (Lipinski definition) is 3. The molecule has 1 heterocycles. The number of benzene rings is 1. The van der Waals surface area contributed by atoms with E-state index in [0.717, 1.165) is 20.9 Å². The second-order valence-electron chi connectivity index (χ2n) is 4.79. The number of rotatable bonds is 5. The van der Waals surface area contributed by atoms with Crippen LogP contribution in [-0.4, -0.2) is 29.1 Å². The predicted octanol–water partition coefficient (Wildman–Crippen LogP) is 3.00. The molecule has 2 rings (SSSR count). The van der Waals surface area contributed by atoms with Crippen LogP contribution in [0.2, 0.25) is 0 Å². The fraction of sp³-hybridized carbons (Fsp3) is 0.312. The average molecular weight is 289 g/mol. The fourth-order valence-electron chi connectivity index (χ4n) is 2.01. The normalized spacial score (nSPS) is 10.6.